The Morgan fingerprint density at radius 3 is 2.11 bits per heavy atom. The van der Waals surface area contributed by atoms with Crippen molar-refractivity contribution in [1.29, 1.82) is 0 Å². The van der Waals surface area contributed by atoms with Gasteiger partial charge in [-0.2, -0.15) is 0 Å². The van der Waals surface area contributed by atoms with Crippen molar-refractivity contribution in [1.82, 2.24) is 0 Å². The molecular formula is C24H24O4. The van der Waals surface area contributed by atoms with E-state index in [4.69, 9.17) is 9.47 Å². The number of esters is 1. The fraction of sp³-hybridized carbons (Fsp3) is 0.250. The zero-order chi connectivity index (χ0) is 20.3. The third-order valence-electron chi connectivity index (χ3n) is 5.09. The maximum Gasteiger partial charge on any atom is 0.344 e. The molecule has 3 aromatic rings. The minimum atomic E-state index is -0.568. The molecule has 0 saturated carbocycles. The molecule has 0 heterocycles. The molecular weight excluding hydrogens is 352 g/mol. The number of benzene rings is 3. The summed E-state index contributed by atoms with van der Waals surface area (Å²) in [6.45, 7) is 7.25. The highest BCUT2D eigenvalue weighted by atomic mass is 16.6. The summed E-state index contributed by atoms with van der Waals surface area (Å²) < 4.78 is 10.7. The van der Waals surface area contributed by atoms with Crippen LogP contribution in [0.3, 0.4) is 0 Å². The molecule has 144 valence electrons. The van der Waals surface area contributed by atoms with Gasteiger partial charge in [0.15, 0.2) is 13.2 Å². The largest absolute Gasteiger partial charge is 0.482 e. The average molecular weight is 376 g/mol. The van der Waals surface area contributed by atoms with Gasteiger partial charge < -0.3 is 9.47 Å². The van der Waals surface area contributed by atoms with Gasteiger partial charge >= 0.3 is 5.97 Å². The van der Waals surface area contributed by atoms with Crippen molar-refractivity contribution >= 4 is 22.5 Å². The Kier molecular flexibility index (Phi) is 5.78. The second-order valence-corrected chi connectivity index (χ2v) is 7.02. The monoisotopic (exact) mass is 376 g/mol. The number of rotatable bonds is 6. The van der Waals surface area contributed by atoms with Gasteiger partial charge in [0.25, 0.3) is 0 Å². The van der Waals surface area contributed by atoms with Gasteiger partial charge in [0, 0.05) is 5.56 Å². The number of hydrogen-bond acceptors (Lipinski definition) is 4. The summed E-state index contributed by atoms with van der Waals surface area (Å²) in [6, 6.07) is 15.6. The molecule has 3 aromatic carbocycles. The van der Waals surface area contributed by atoms with Gasteiger partial charge in [-0.05, 0) is 72.9 Å². The van der Waals surface area contributed by atoms with Crippen LogP contribution in [0.5, 0.6) is 5.75 Å². The van der Waals surface area contributed by atoms with Crippen LogP contribution in [0.2, 0.25) is 0 Å². The lowest BCUT2D eigenvalue weighted by molar-refractivity contribution is -0.144. The van der Waals surface area contributed by atoms with Crippen LogP contribution in [-0.4, -0.2) is 25.0 Å². The molecule has 0 N–H and O–H groups in total. The lowest BCUT2D eigenvalue weighted by atomic mass is 9.92. The number of ether oxygens (including phenoxy) is 2. The fourth-order valence-corrected chi connectivity index (χ4v) is 3.29. The van der Waals surface area contributed by atoms with Crippen LogP contribution in [-0.2, 0) is 9.53 Å². The normalized spacial score (nSPS) is 10.7. The van der Waals surface area contributed by atoms with Crippen LogP contribution in [0.4, 0.5) is 0 Å². The van der Waals surface area contributed by atoms with E-state index < -0.39 is 5.97 Å². The Labute approximate surface area is 165 Å². The summed E-state index contributed by atoms with van der Waals surface area (Å²) in [4.78, 5) is 24.6. The van der Waals surface area contributed by atoms with Gasteiger partial charge in [-0.15, -0.1) is 0 Å². The van der Waals surface area contributed by atoms with Crippen LogP contribution >= 0.6 is 0 Å². The van der Waals surface area contributed by atoms with E-state index in [1.165, 1.54) is 0 Å². The minimum absolute atomic E-state index is 0.194. The van der Waals surface area contributed by atoms with E-state index in [0.29, 0.717) is 11.3 Å². The third kappa shape index (κ3) is 4.22. The van der Waals surface area contributed by atoms with Crippen molar-refractivity contribution in [3.63, 3.8) is 0 Å². The molecule has 28 heavy (non-hydrogen) atoms. The summed E-state index contributed by atoms with van der Waals surface area (Å²) in [6.07, 6.45) is 0. The standard InChI is InChI=1S/C24H24O4/c1-15-11-16(2)18(4)24(17(15)3)22(25)13-28-23(26)14-27-21-10-9-19-7-5-6-8-20(19)12-21/h5-12H,13-14H2,1-4H3. The maximum atomic E-state index is 12.6. The van der Waals surface area contributed by atoms with Crippen LogP contribution in [0.1, 0.15) is 32.6 Å². The smallest absolute Gasteiger partial charge is 0.344 e. The molecule has 0 aliphatic rings. The fourth-order valence-electron chi connectivity index (χ4n) is 3.29. The van der Waals surface area contributed by atoms with Gasteiger partial charge in [0.2, 0.25) is 5.78 Å². The molecule has 0 aromatic heterocycles. The summed E-state index contributed by atoms with van der Waals surface area (Å²) in [7, 11) is 0. The molecule has 3 rings (SSSR count). The molecule has 0 amide bonds. The van der Waals surface area contributed by atoms with E-state index in [0.717, 1.165) is 33.0 Å². The van der Waals surface area contributed by atoms with Gasteiger partial charge in [-0.25, -0.2) is 4.79 Å². The number of carbonyl (C=O) groups excluding carboxylic acids is 2. The predicted octanol–water partition coefficient (Wildman–Crippen LogP) is 4.88. The van der Waals surface area contributed by atoms with Gasteiger partial charge in [-0.3, -0.25) is 4.79 Å². The number of ketones is 1. The lowest BCUT2D eigenvalue weighted by Gasteiger charge is -2.14. The highest BCUT2D eigenvalue weighted by Gasteiger charge is 2.17. The molecule has 0 atom stereocenters. The summed E-state index contributed by atoms with van der Waals surface area (Å²) in [5.74, 6) is -0.176. The number of hydrogen-bond donors (Lipinski definition) is 0. The van der Waals surface area contributed by atoms with E-state index in [2.05, 4.69) is 6.07 Å². The molecule has 4 nitrogen and oxygen atoms in total. The van der Waals surface area contributed by atoms with Gasteiger partial charge in [0.1, 0.15) is 5.75 Å². The van der Waals surface area contributed by atoms with Crippen LogP contribution in [0.15, 0.2) is 48.5 Å². The highest BCUT2D eigenvalue weighted by Crippen LogP contribution is 2.23. The molecule has 0 spiro atoms. The first-order valence-corrected chi connectivity index (χ1v) is 9.24. The van der Waals surface area contributed by atoms with Crippen molar-refractivity contribution in [2.75, 3.05) is 13.2 Å². The lowest BCUT2D eigenvalue weighted by Crippen LogP contribution is -2.21. The predicted molar refractivity (Wildman–Crippen MR) is 110 cm³/mol. The molecule has 0 saturated heterocycles. The van der Waals surface area contributed by atoms with Crippen molar-refractivity contribution in [3.05, 3.63) is 76.3 Å². The first-order valence-electron chi connectivity index (χ1n) is 9.24. The average Bonchev–Trinajstić information content (AvgIpc) is 2.69. The van der Waals surface area contributed by atoms with E-state index in [-0.39, 0.29) is 19.0 Å². The van der Waals surface area contributed by atoms with Gasteiger partial charge in [0.05, 0.1) is 0 Å². The van der Waals surface area contributed by atoms with Crippen LogP contribution in [0.25, 0.3) is 10.8 Å². The zero-order valence-electron chi connectivity index (χ0n) is 16.7. The third-order valence-corrected chi connectivity index (χ3v) is 5.09. The maximum absolute atomic E-state index is 12.6. The molecule has 0 aliphatic carbocycles. The van der Waals surface area contributed by atoms with E-state index in [1.807, 2.05) is 70.2 Å². The van der Waals surface area contributed by atoms with Crippen LogP contribution in [0, 0.1) is 27.7 Å². The Balaban J connectivity index is 1.59. The number of Topliss-reactive ketones (excluding diaryl/α,β-unsaturated/α-hetero) is 1. The van der Waals surface area contributed by atoms with Crippen LogP contribution < -0.4 is 4.74 Å². The second kappa shape index (κ2) is 8.26. The highest BCUT2D eigenvalue weighted by molar-refractivity contribution is 6.01. The Hall–Kier alpha value is -3.14. The van der Waals surface area contributed by atoms with E-state index in [9.17, 15) is 9.59 Å². The molecule has 4 heteroatoms. The molecule has 0 bridgehead atoms. The Morgan fingerprint density at radius 1 is 0.786 bits per heavy atom. The molecule has 0 unspecified atom stereocenters. The van der Waals surface area contributed by atoms with Crippen molar-refractivity contribution in [2.45, 2.75) is 27.7 Å². The summed E-state index contributed by atoms with van der Waals surface area (Å²) >= 11 is 0. The number of aryl methyl sites for hydroxylation is 2. The molecule has 0 fully saturated rings. The minimum Gasteiger partial charge on any atom is -0.482 e. The van der Waals surface area contributed by atoms with E-state index >= 15 is 0 Å². The van der Waals surface area contributed by atoms with Gasteiger partial charge in [-0.1, -0.05) is 36.4 Å². The number of carbonyl (C=O) groups is 2. The van der Waals surface area contributed by atoms with E-state index in [1.54, 1.807) is 0 Å². The number of fused-ring (bicyclic) bond motifs is 1. The zero-order valence-corrected chi connectivity index (χ0v) is 16.7. The quantitative estimate of drug-likeness (QED) is 0.455. The summed E-state index contributed by atoms with van der Waals surface area (Å²) in [5, 5.41) is 2.13. The Morgan fingerprint density at radius 2 is 1.43 bits per heavy atom. The topological polar surface area (TPSA) is 52.6 Å². The van der Waals surface area contributed by atoms with Crippen molar-refractivity contribution in [2.24, 2.45) is 0 Å². The van der Waals surface area contributed by atoms with Crippen molar-refractivity contribution in [3.8, 4) is 5.75 Å². The first kappa shape index (κ1) is 19.6. The summed E-state index contributed by atoms with van der Waals surface area (Å²) in [5.41, 5.74) is 4.60. The Bertz CT molecular complexity index is 1020. The molecule has 0 radical (unpaired) electrons. The SMILES string of the molecule is Cc1cc(C)c(C)c(C(=O)COC(=O)COc2ccc3ccccc3c2)c1C. The van der Waals surface area contributed by atoms with Crippen molar-refractivity contribution < 1.29 is 19.1 Å². The second-order valence-electron chi connectivity index (χ2n) is 7.02. The first-order chi connectivity index (χ1) is 13.4. The molecule has 0 aliphatic heterocycles.